The molecule has 1 aliphatic rings. The van der Waals surface area contributed by atoms with Crippen molar-refractivity contribution in [3.63, 3.8) is 0 Å². The molecule has 0 spiro atoms. The Balaban J connectivity index is 1.50. The smallest absolute Gasteiger partial charge is 0.224 e. The highest BCUT2D eigenvalue weighted by Gasteiger charge is 2.19. The zero-order valence-electron chi connectivity index (χ0n) is 12.7. The maximum Gasteiger partial charge on any atom is 0.224 e. The molecule has 0 unspecified atom stereocenters. The molecule has 1 saturated heterocycles. The van der Waals surface area contributed by atoms with Crippen molar-refractivity contribution in [1.82, 2.24) is 15.2 Å². The van der Waals surface area contributed by atoms with E-state index in [1.54, 1.807) is 0 Å². The van der Waals surface area contributed by atoms with Crippen molar-refractivity contribution in [2.24, 2.45) is 5.92 Å². The minimum Gasteiger partial charge on any atom is -0.439 e. The van der Waals surface area contributed by atoms with Crippen LogP contribution in [0.15, 0.2) is 28.7 Å². The van der Waals surface area contributed by atoms with Crippen LogP contribution in [0.3, 0.4) is 0 Å². The fraction of sp³-hybridized carbons (Fsp3) is 0.500. The number of para-hydroxylation sites is 2. The van der Waals surface area contributed by atoms with Crippen LogP contribution in [0.2, 0.25) is 0 Å². The number of nitrogens with zero attached hydrogens (tertiary/aromatic N) is 2. The predicted molar refractivity (Wildman–Crippen MR) is 82.3 cm³/mol. The summed E-state index contributed by atoms with van der Waals surface area (Å²) in [5, 5.41) is 2.90. The Labute approximate surface area is 129 Å². The van der Waals surface area contributed by atoms with Gasteiger partial charge in [-0.05, 0) is 12.1 Å². The molecule has 1 fully saturated rings. The zero-order valence-corrected chi connectivity index (χ0v) is 12.7. The van der Waals surface area contributed by atoms with Crippen LogP contribution in [0.1, 0.15) is 12.8 Å². The van der Waals surface area contributed by atoms with Crippen LogP contribution in [0.25, 0.3) is 11.1 Å². The molecule has 2 aromatic rings. The second-order valence-electron chi connectivity index (χ2n) is 5.61. The molecule has 6 heteroatoms. The van der Waals surface area contributed by atoms with Crippen molar-refractivity contribution < 1.29 is 13.9 Å². The lowest BCUT2D eigenvalue weighted by molar-refractivity contribution is -0.125. The fourth-order valence-corrected chi connectivity index (χ4v) is 2.59. The van der Waals surface area contributed by atoms with Crippen LogP contribution in [0.4, 0.5) is 0 Å². The van der Waals surface area contributed by atoms with Crippen LogP contribution >= 0.6 is 0 Å². The van der Waals surface area contributed by atoms with Crippen LogP contribution in [0, 0.1) is 5.92 Å². The second kappa shape index (κ2) is 6.89. The minimum atomic E-state index is -0.0671. The van der Waals surface area contributed by atoms with E-state index < -0.39 is 0 Å². The number of aromatic nitrogens is 1. The first kappa shape index (κ1) is 15.0. The summed E-state index contributed by atoms with van der Waals surface area (Å²) in [7, 11) is 0. The number of fused-ring (bicyclic) bond motifs is 1. The Morgan fingerprint density at radius 3 is 2.91 bits per heavy atom. The highest BCUT2D eigenvalue weighted by atomic mass is 16.5. The molecule has 0 bridgehead atoms. The van der Waals surface area contributed by atoms with E-state index in [0.29, 0.717) is 12.4 Å². The lowest BCUT2D eigenvalue weighted by Gasteiger charge is -2.28. The summed E-state index contributed by atoms with van der Waals surface area (Å²) >= 11 is 0. The number of amides is 1. The summed E-state index contributed by atoms with van der Waals surface area (Å²) in [5.41, 5.74) is 1.56. The van der Waals surface area contributed by atoms with Crippen molar-refractivity contribution >= 4 is 17.0 Å². The highest BCUT2D eigenvalue weighted by Crippen LogP contribution is 2.14. The average molecular weight is 303 g/mol. The van der Waals surface area contributed by atoms with Crippen LogP contribution < -0.4 is 5.32 Å². The molecule has 118 valence electrons. The zero-order chi connectivity index (χ0) is 15.4. The van der Waals surface area contributed by atoms with Gasteiger partial charge in [0, 0.05) is 25.6 Å². The maximum atomic E-state index is 12.2. The van der Waals surface area contributed by atoms with Crippen molar-refractivity contribution in [3.8, 4) is 0 Å². The number of morpholine rings is 1. The summed E-state index contributed by atoms with van der Waals surface area (Å²) in [4.78, 5) is 18.8. The van der Waals surface area contributed by atoms with Gasteiger partial charge in [0.05, 0.1) is 19.8 Å². The van der Waals surface area contributed by atoms with E-state index >= 15 is 0 Å². The molecule has 22 heavy (non-hydrogen) atoms. The Morgan fingerprint density at radius 2 is 2.14 bits per heavy atom. The largest absolute Gasteiger partial charge is 0.439 e. The molecule has 0 saturated carbocycles. The lowest BCUT2D eigenvalue weighted by Crippen LogP contribution is -2.42. The van der Waals surface area contributed by atoms with Gasteiger partial charge in [-0.15, -0.1) is 0 Å². The van der Waals surface area contributed by atoms with Gasteiger partial charge in [0.25, 0.3) is 0 Å². The lowest BCUT2D eigenvalue weighted by atomic mass is 10.1. The molecule has 1 N–H and O–H groups in total. The maximum absolute atomic E-state index is 12.2. The third-order valence-corrected chi connectivity index (χ3v) is 3.84. The summed E-state index contributed by atoms with van der Waals surface area (Å²) in [5.74, 6) is 0.490. The van der Waals surface area contributed by atoms with E-state index in [1.807, 2.05) is 31.2 Å². The van der Waals surface area contributed by atoms with E-state index in [9.17, 15) is 4.79 Å². The monoisotopic (exact) mass is 303 g/mol. The number of carbonyl (C=O) groups is 1. The highest BCUT2D eigenvalue weighted by molar-refractivity contribution is 5.78. The summed E-state index contributed by atoms with van der Waals surface area (Å²) in [6.07, 6.45) is 0. The first-order valence-electron chi connectivity index (χ1n) is 7.64. The Morgan fingerprint density at radius 1 is 1.36 bits per heavy atom. The normalized spacial score (nSPS) is 17.5. The van der Waals surface area contributed by atoms with Crippen molar-refractivity contribution in [2.45, 2.75) is 13.5 Å². The van der Waals surface area contributed by atoms with Crippen LogP contribution in [-0.4, -0.2) is 48.6 Å². The average Bonchev–Trinajstić information content (AvgIpc) is 2.96. The number of carbonyl (C=O) groups excluding carboxylic acids is 1. The number of hydrogen-bond acceptors (Lipinski definition) is 5. The Hall–Kier alpha value is -1.92. The molecular formula is C16H21N3O3. The summed E-state index contributed by atoms with van der Waals surface area (Å²) in [6.45, 7) is 6.29. The van der Waals surface area contributed by atoms with Crippen LogP contribution in [-0.2, 0) is 16.1 Å². The fourth-order valence-electron chi connectivity index (χ4n) is 2.59. The Kier molecular flexibility index (Phi) is 4.70. The number of rotatable bonds is 5. The van der Waals surface area contributed by atoms with Crippen molar-refractivity contribution in [1.29, 1.82) is 0 Å². The summed E-state index contributed by atoms with van der Waals surface area (Å²) in [6, 6.07) is 7.58. The van der Waals surface area contributed by atoms with Gasteiger partial charge < -0.3 is 14.5 Å². The van der Waals surface area contributed by atoms with E-state index in [1.165, 1.54) is 0 Å². The molecule has 0 radical (unpaired) electrons. The molecule has 6 nitrogen and oxygen atoms in total. The first-order chi connectivity index (χ1) is 10.7. The third kappa shape index (κ3) is 3.64. The quantitative estimate of drug-likeness (QED) is 0.904. The van der Waals surface area contributed by atoms with Gasteiger partial charge in [-0.2, -0.15) is 0 Å². The minimum absolute atomic E-state index is 0.0220. The standard InChI is InChI=1S/C16H21N3O3/c1-12(11-19-6-8-21-9-7-19)16(20)17-10-15-18-13-4-2-3-5-14(13)22-15/h2-5,12H,6-11H2,1H3,(H,17,20)/t12-/m1/s1. The summed E-state index contributed by atoms with van der Waals surface area (Å²) < 4.78 is 10.9. The van der Waals surface area contributed by atoms with Gasteiger partial charge in [0.15, 0.2) is 5.58 Å². The van der Waals surface area contributed by atoms with Crippen LogP contribution in [0.5, 0.6) is 0 Å². The third-order valence-electron chi connectivity index (χ3n) is 3.84. The molecule has 1 aromatic carbocycles. The number of ether oxygens (including phenoxy) is 1. The van der Waals surface area contributed by atoms with Gasteiger partial charge in [0.2, 0.25) is 11.8 Å². The SMILES string of the molecule is C[C@H](CN1CCOCC1)C(=O)NCc1nc2ccccc2o1. The molecule has 3 rings (SSSR count). The number of oxazole rings is 1. The van der Waals surface area contributed by atoms with E-state index in [0.717, 1.165) is 43.9 Å². The first-order valence-corrected chi connectivity index (χ1v) is 7.64. The Bertz CT molecular complexity index is 601. The number of hydrogen-bond donors (Lipinski definition) is 1. The molecule has 1 aliphatic heterocycles. The van der Waals surface area contributed by atoms with Crippen molar-refractivity contribution in [3.05, 3.63) is 30.2 Å². The second-order valence-corrected chi connectivity index (χ2v) is 5.61. The molecule has 0 aliphatic carbocycles. The predicted octanol–water partition coefficient (Wildman–Crippen LogP) is 1.41. The van der Waals surface area contributed by atoms with Crippen molar-refractivity contribution in [2.75, 3.05) is 32.8 Å². The van der Waals surface area contributed by atoms with Gasteiger partial charge in [-0.25, -0.2) is 4.98 Å². The topological polar surface area (TPSA) is 67.6 Å². The molecular weight excluding hydrogens is 282 g/mol. The number of benzene rings is 1. The number of nitrogens with one attached hydrogen (secondary N) is 1. The van der Waals surface area contributed by atoms with E-state index in [-0.39, 0.29) is 11.8 Å². The van der Waals surface area contributed by atoms with Gasteiger partial charge in [-0.3, -0.25) is 9.69 Å². The molecule has 1 atom stereocenters. The van der Waals surface area contributed by atoms with E-state index in [4.69, 9.17) is 9.15 Å². The van der Waals surface area contributed by atoms with E-state index in [2.05, 4.69) is 15.2 Å². The van der Waals surface area contributed by atoms with Gasteiger partial charge in [0.1, 0.15) is 5.52 Å². The molecule has 1 amide bonds. The van der Waals surface area contributed by atoms with Gasteiger partial charge >= 0.3 is 0 Å². The molecule has 1 aromatic heterocycles. The molecule has 2 heterocycles. The van der Waals surface area contributed by atoms with Gasteiger partial charge in [-0.1, -0.05) is 19.1 Å².